The summed E-state index contributed by atoms with van der Waals surface area (Å²) in [7, 11) is 1.63. The number of carbonyl (C=O) groups excluding carboxylic acids is 1. The fourth-order valence-corrected chi connectivity index (χ4v) is 1.87. The van der Waals surface area contributed by atoms with E-state index >= 15 is 0 Å². The van der Waals surface area contributed by atoms with Crippen LogP contribution in [0.15, 0.2) is 24.3 Å². The molecule has 0 bridgehead atoms. The molecule has 4 nitrogen and oxygen atoms in total. The third-order valence-corrected chi connectivity index (χ3v) is 3.73. The molecule has 2 unspecified atom stereocenters. The summed E-state index contributed by atoms with van der Waals surface area (Å²) >= 11 is 0. The Kier molecular flexibility index (Phi) is 5.36. The van der Waals surface area contributed by atoms with Crippen LogP contribution in [0.3, 0.4) is 0 Å². The molecule has 0 spiro atoms. The lowest BCUT2D eigenvalue weighted by molar-refractivity contribution is -0.130. The molecule has 0 saturated carbocycles. The predicted octanol–water partition coefficient (Wildman–Crippen LogP) is 2.25. The molecule has 0 saturated heterocycles. The Morgan fingerprint density at radius 2 is 2.11 bits per heavy atom. The van der Waals surface area contributed by atoms with Crippen LogP contribution in [0.2, 0.25) is 0 Å². The van der Waals surface area contributed by atoms with Gasteiger partial charge in [-0.25, -0.2) is 0 Å². The van der Waals surface area contributed by atoms with Crippen molar-refractivity contribution in [1.82, 2.24) is 5.32 Å². The molecule has 1 rings (SSSR count). The fourth-order valence-electron chi connectivity index (χ4n) is 1.87. The summed E-state index contributed by atoms with van der Waals surface area (Å²) < 4.78 is 5.31. The number of benzene rings is 1. The average Bonchev–Trinajstić information content (AvgIpc) is 2.45. The van der Waals surface area contributed by atoms with Crippen molar-refractivity contribution in [3.63, 3.8) is 0 Å². The number of hydrogen-bond acceptors (Lipinski definition) is 3. The standard InChI is InChI=1S/C15H24N2O2/c1-5-15(3,10-16)14(18)17-11(2)12-8-6-7-9-13(12)19-4/h6-9,11H,5,10,16H2,1-4H3,(H,17,18). The Balaban J connectivity index is 2.85. The van der Waals surface area contributed by atoms with Crippen molar-refractivity contribution in [2.75, 3.05) is 13.7 Å². The molecule has 0 aromatic heterocycles. The van der Waals surface area contributed by atoms with Crippen LogP contribution in [0.1, 0.15) is 38.8 Å². The molecule has 0 aliphatic rings. The molecule has 4 heteroatoms. The second kappa shape index (κ2) is 6.57. The normalized spacial score (nSPS) is 15.4. The van der Waals surface area contributed by atoms with Gasteiger partial charge in [0.15, 0.2) is 0 Å². The molecule has 0 aliphatic heterocycles. The van der Waals surface area contributed by atoms with Crippen molar-refractivity contribution >= 4 is 5.91 Å². The largest absolute Gasteiger partial charge is 0.496 e. The number of carbonyl (C=O) groups is 1. The van der Waals surface area contributed by atoms with Crippen molar-refractivity contribution in [3.8, 4) is 5.75 Å². The van der Waals surface area contributed by atoms with Crippen molar-refractivity contribution in [3.05, 3.63) is 29.8 Å². The van der Waals surface area contributed by atoms with Gasteiger partial charge in [0.2, 0.25) is 5.91 Å². The van der Waals surface area contributed by atoms with Crippen molar-refractivity contribution in [1.29, 1.82) is 0 Å². The van der Waals surface area contributed by atoms with E-state index in [-0.39, 0.29) is 11.9 Å². The molecule has 106 valence electrons. The zero-order chi connectivity index (χ0) is 14.5. The van der Waals surface area contributed by atoms with Crippen LogP contribution in [0.4, 0.5) is 0 Å². The zero-order valence-corrected chi connectivity index (χ0v) is 12.2. The average molecular weight is 264 g/mol. The molecule has 2 atom stereocenters. The van der Waals surface area contributed by atoms with Gasteiger partial charge in [0, 0.05) is 12.1 Å². The second-order valence-corrected chi connectivity index (χ2v) is 5.06. The Labute approximate surface area is 115 Å². The molecule has 19 heavy (non-hydrogen) atoms. The quantitative estimate of drug-likeness (QED) is 0.828. The summed E-state index contributed by atoms with van der Waals surface area (Å²) in [5.41, 5.74) is 6.15. The maximum absolute atomic E-state index is 12.3. The van der Waals surface area contributed by atoms with Crippen LogP contribution in [-0.2, 0) is 4.79 Å². The number of amides is 1. The van der Waals surface area contributed by atoms with Gasteiger partial charge >= 0.3 is 0 Å². The molecule has 0 heterocycles. The number of hydrogen-bond donors (Lipinski definition) is 2. The molecule has 0 radical (unpaired) electrons. The molecule has 3 N–H and O–H groups in total. The summed E-state index contributed by atoms with van der Waals surface area (Å²) in [6.07, 6.45) is 0.716. The maximum Gasteiger partial charge on any atom is 0.227 e. The first-order chi connectivity index (χ1) is 8.98. The van der Waals surface area contributed by atoms with E-state index < -0.39 is 5.41 Å². The second-order valence-electron chi connectivity index (χ2n) is 5.06. The smallest absolute Gasteiger partial charge is 0.227 e. The number of rotatable bonds is 6. The zero-order valence-electron chi connectivity index (χ0n) is 12.2. The van der Waals surface area contributed by atoms with Crippen LogP contribution in [0.25, 0.3) is 0 Å². The SMILES string of the molecule is CCC(C)(CN)C(=O)NC(C)c1ccccc1OC. The third-order valence-electron chi connectivity index (χ3n) is 3.73. The Morgan fingerprint density at radius 1 is 1.47 bits per heavy atom. The maximum atomic E-state index is 12.3. The van der Waals surface area contributed by atoms with Crippen molar-refractivity contribution in [2.24, 2.45) is 11.1 Å². The Hall–Kier alpha value is -1.55. The number of nitrogens with one attached hydrogen (secondary N) is 1. The lowest BCUT2D eigenvalue weighted by Crippen LogP contribution is -2.44. The van der Waals surface area contributed by atoms with E-state index in [0.29, 0.717) is 13.0 Å². The third kappa shape index (κ3) is 3.47. The van der Waals surface area contributed by atoms with Gasteiger partial charge in [-0.05, 0) is 26.3 Å². The summed E-state index contributed by atoms with van der Waals surface area (Å²) in [4.78, 5) is 12.3. The van der Waals surface area contributed by atoms with E-state index in [1.165, 1.54) is 0 Å². The molecule has 1 aromatic rings. The first kappa shape index (κ1) is 15.5. The monoisotopic (exact) mass is 264 g/mol. The van der Waals surface area contributed by atoms with Gasteiger partial charge in [-0.1, -0.05) is 25.1 Å². The van der Waals surface area contributed by atoms with E-state index in [0.717, 1.165) is 11.3 Å². The van der Waals surface area contributed by atoms with E-state index in [4.69, 9.17) is 10.5 Å². The van der Waals surface area contributed by atoms with Gasteiger partial charge in [0.05, 0.1) is 18.6 Å². The predicted molar refractivity (Wildman–Crippen MR) is 77.0 cm³/mol. The van der Waals surface area contributed by atoms with Crippen molar-refractivity contribution in [2.45, 2.75) is 33.2 Å². The Bertz CT molecular complexity index is 428. The van der Waals surface area contributed by atoms with E-state index in [1.54, 1.807) is 7.11 Å². The van der Waals surface area contributed by atoms with Crippen LogP contribution in [0, 0.1) is 5.41 Å². The van der Waals surface area contributed by atoms with Gasteiger partial charge in [0.1, 0.15) is 5.75 Å². The first-order valence-corrected chi connectivity index (χ1v) is 6.62. The van der Waals surface area contributed by atoms with Crippen LogP contribution < -0.4 is 15.8 Å². The summed E-state index contributed by atoms with van der Waals surface area (Å²) in [5, 5.41) is 3.01. The lowest BCUT2D eigenvalue weighted by atomic mass is 9.86. The minimum atomic E-state index is -0.518. The highest BCUT2D eigenvalue weighted by molar-refractivity contribution is 5.82. The van der Waals surface area contributed by atoms with Gasteiger partial charge in [-0.2, -0.15) is 0 Å². The van der Waals surface area contributed by atoms with Crippen LogP contribution >= 0.6 is 0 Å². The molecule has 0 fully saturated rings. The molecule has 1 amide bonds. The highest BCUT2D eigenvalue weighted by Crippen LogP contribution is 2.26. The number of para-hydroxylation sites is 1. The molecule has 1 aromatic carbocycles. The summed E-state index contributed by atoms with van der Waals surface area (Å²) in [5.74, 6) is 0.761. The molecular weight excluding hydrogens is 240 g/mol. The van der Waals surface area contributed by atoms with Crippen LogP contribution in [0.5, 0.6) is 5.75 Å². The topological polar surface area (TPSA) is 64.4 Å². The lowest BCUT2D eigenvalue weighted by Gasteiger charge is -2.27. The van der Waals surface area contributed by atoms with Gasteiger partial charge in [-0.15, -0.1) is 0 Å². The number of nitrogens with two attached hydrogens (primary N) is 1. The number of ether oxygens (including phenoxy) is 1. The molecule has 0 aliphatic carbocycles. The minimum absolute atomic E-state index is 0.0177. The first-order valence-electron chi connectivity index (χ1n) is 6.62. The van der Waals surface area contributed by atoms with E-state index in [2.05, 4.69) is 5.32 Å². The van der Waals surface area contributed by atoms with E-state index in [1.807, 2.05) is 45.0 Å². The van der Waals surface area contributed by atoms with Gasteiger partial charge in [0.25, 0.3) is 0 Å². The van der Waals surface area contributed by atoms with E-state index in [9.17, 15) is 4.79 Å². The van der Waals surface area contributed by atoms with Crippen molar-refractivity contribution < 1.29 is 9.53 Å². The number of methoxy groups -OCH3 is 1. The summed E-state index contributed by atoms with van der Waals surface area (Å²) in [6.45, 7) is 6.15. The van der Waals surface area contributed by atoms with Crippen LogP contribution in [-0.4, -0.2) is 19.6 Å². The highest BCUT2D eigenvalue weighted by atomic mass is 16.5. The Morgan fingerprint density at radius 3 is 2.63 bits per heavy atom. The minimum Gasteiger partial charge on any atom is -0.496 e. The van der Waals surface area contributed by atoms with Gasteiger partial charge < -0.3 is 15.8 Å². The van der Waals surface area contributed by atoms with Gasteiger partial charge in [-0.3, -0.25) is 4.79 Å². The highest BCUT2D eigenvalue weighted by Gasteiger charge is 2.30. The summed E-state index contributed by atoms with van der Waals surface area (Å²) in [6, 6.07) is 7.58. The fraction of sp³-hybridized carbons (Fsp3) is 0.533. The molecular formula is C15H24N2O2.